The lowest BCUT2D eigenvalue weighted by atomic mass is 10.0. The maximum absolute atomic E-state index is 13.7. The Labute approximate surface area is 212 Å². The van der Waals surface area contributed by atoms with Crippen molar-refractivity contribution in [2.75, 3.05) is 13.1 Å². The average molecular weight is 501 g/mol. The van der Waals surface area contributed by atoms with Gasteiger partial charge in [-0.15, -0.1) is 0 Å². The van der Waals surface area contributed by atoms with Gasteiger partial charge in [0.1, 0.15) is 5.82 Å². The number of halogens is 2. The van der Waals surface area contributed by atoms with Gasteiger partial charge in [-0.2, -0.15) is 15.5 Å². The number of carbonyl (C=O) groups excluding carboxylic acids is 1. The quantitative estimate of drug-likeness (QED) is 0.420. The van der Waals surface area contributed by atoms with Crippen LogP contribution in [0.5, 0.6) is 0 Å². The summed E-state index contributed by atoms with van der Waals surface area (Å²) in [4.78, 5) is 15.6. The van der Waals surface area contributed by atoms with Crippen LogP contribution < -0.4 is 5.32 Å². The number of hydrogen-bond acceptors (Lipinski definition) is 5. The number of hydrogen-bond donors (Lipinski definition) is 1. The molecular formula is C27H22ClFN6O. The highest BCUT2D eigenvalue weighted by atomic mass is 35.5. The molecule has 2 aromatic carbocycles. The first-order chi connectivity index (χ1) is 17.5. The Morgan fingerprint density at radius 2 is 2.11 bits per heavy atom. The molecule has 0 radical (unpaired) electrons. The molecule has 4 aromatic rings. The fourth-order valence-corrected chi connectivity index (χ4v) is 4.62. The molecule has 180 valence electrons. The zero-order valence-corrected chi connectivity index (χ0v) is 20.0. The first-order valence-corrected chi connectivity index (χ1v) is 11.9. The summed E-state index contributed by atoms with van der Waals surface area (Å²) < 4.78 is 15.4. The smallest absolute Gasteiger partial charge is 0.326 e. The van der Waals surface area contributed by atoms with Crippen molar-refractivity contribution in [3.63, 3.8) is 0 Å². The molecule has 0 aliphatic carbocycles. The largest absolute Gasteiger partial charge is 0.333 e. The lowest BCUT2D eigenvalue weighted by Gasteiger charge is -2.27. The summed E-state index contributed by atoms with van der Waals surface area (Å²) >= 11 is 5.77. The van der Waals surface area contributed by atoms with E-state index in [1.165, 1.54) is 6.07 Å². The number of nitriles is 1. The molecule has 3 heterocycles. The molecule has 0 saturated heterocycles. The van der Waals surface area contributed by atoms with Gasteiger partial charge < -0.3 is 5.32 Å². The molecule has 36 heavy (non-hydrogen) atoms. The Bertz CT molecular complexity index is 1510. The van der Waals surface area contributed by atoms with Gasteiger partial charge in [-0.25, -0.2) is 9.18 Å². The predicted octanol–water partition coefficient (Wildman–Crippen LogP) is 4.92. The van der Waals surface area contributed by atoms with Crippen LogP contribution in [0.15, 0.2) is 60.9 Å². The molecule has 1 aliphatic rings. The molecule has 0 unspecified atom stereocenters. The molecular weight excluding hydrogens is 479 g/mol. The number of aromatic nitrogens is 3. The second kappa shape index (κ2) is 10.3. The van der Waals surface area contributed by atoms with Crippen LogP contribution in [0.25, 0.3) is 17.0 Å². The summed E-state index contributed by atoms with van der Waals surface area (Å²) in [5, 5.41) is 21.1. The highest BCUT2D eigenvalue weighted by molar-refractivity contribution is 6.30. The number of rotatable bonds is 5. The van der Waals surface area contributed by atoms with Gasteiger partial charge in [0.2, 0.25) is 0 Å². The van der Waals surface area contributed by atoms with E-state index in [2.05, 4.69) is 26.5 Å². The molecule has 9 heteroatoms. The van der Waals surface area contributed by atoms with Gasteiger partial charge >= 0.3 is 6.03 Å². The molecule has 1 N–H and O–H groups in total. The van der Waals surface area contributed by atoms with Gasteiger partial charge in [-0.3, -0.25) is 9.47 Å². The molecule has 0 fully saturated rings. The van der Waals surface area contributed by atoms with E-state index < -0.39 is 5.82 Å². The average Bonchev–Trinajstić information content (AvgIpc) is 3.23. The van der Waals surface area contributed by atoms with Crippen molar-refractivity contribution in [3.05, 3.63) is 99.7 Å². The Hall–Kier alpha value is -4.06. The van der Waals surface area contributed by atoms with Gasteiger partial charge in [0.25, 0.3) is 0 Å². The molecule has 0 spiro atoms. The molecule has 0 atom stereocenters. The second-order valence-electron chi connectivity index (χ2n) is 8.57. The molecule has 1 amide bonds. The Morgan fingerprint density at radius 3 is 2.89 bits per heavy atom. The first kappa shape index (κ1) is 23.7. The fourth-order valence-electron chi connectivity index (χ4n) is 4.50. The normalized spacial score (nSPS) is 13.6. The van der Waals surface area contributed by atoms with Crippen LogP contribution in [0.4, 0.5) is 9.18 Å². The van der Waals surface area contributed by atoms with Gasteiger partial charge in [0, 0.05) is 49.9 Å². The number of amides is 1. The first-order valence-electron chi connectivity index (χ1n) is 11.5. The monoisotopic (exact) mass is 500 g/mol. The lowest BCUT2D eigenvalue weighted by molar-refractivity contribution is 0.240. The number of fused-ring (bicyclic) bond motifs is 3. The third kappa shape index (κ3) is 4.85. The highest BCUT2D eigenvalue weighted by Crippen LogP contribution is 2.31. The number of nitrogens with zero attached hydrogens (tertiary/aromatic N) is 5. The third-order valence-electron chi connectivity index (χ3n) is 6.27. The Morgan fingerprint density at radius 1 is 1.22 bits per heavy atom. The lowest BCUT2D eigenvalue weighted by Crippen LogP contribution is -2.34. The second-order valence-corrected chi connectivity index (χ2v) is 8.98. The Balaban J connectivity index is 1.39. The maximum atomic E-state index is 13.7. The molecule has 5 rings (SSSR count). The van der Waals surface area contributed by atoms with E-state index in [9.17, 15) is 14.4 Å². The molecule has 1 aliphatic heterocycles. The third-order valence-corrected chi connectivity index (χ3v) is 6.57. The van der Waals surface area contributed by atoms with Gasteiger partial charge in [0.05, 0.1) is 28.4 Å². The van der Waals surface area contributed by atoms with E-state index in [4.69, 9.17) is 11.6 Å². The van der Waals surface area contributed by atoms with Gasteiger partial charge in [-0.1, -0.05) is 35.9 Å². The standard InChI is InChI=1S/C27H22ClFN6O/c28-23-6-4-18(12-24(23)29)2-1-10-34-11-8-25-22(17-34)21-5-3-19(14-30)13-26(21)35(25)27(36)31-15-20-7-9-32-33-16-20/h1-7,9,12-13,16H,8,10-11,15,17H2,(H,31,36)/b2-1+. The van der Waals surface area contributed by atoms with Crippen molar-refractivity contribution < 1.29 is 9.18 Å². The van der Waals surface area contributed by atoms with Gasteiger partial charge in [-0.05, 0) is 47.0 Å². The number of carbonyl (C=O) groups is 1. The van der Waals surface area contributed by atoms with E-state index in [1.807, 2.05) is 18.2 Å². The molecule has 7 nitrogen and oxygen atoms in total. The van der Waals surface area contributed by atoms with Gasteiger partial charge in [0.15, 0.2) is 0 Å². The van der Waals surface area contributed by atoms with Crippen molar-refractivity contribution in [1.29, 1.82) is 5.26 Å². The summed E-state index contributed by atoms with van der Waals surface area (Å²) in [7, 11) is 0. The van der Waals surface area contributed by atoms with Crippen molar-refractivity contribution in [1.82, 2.24) is 25.0 Å². The van der Waals surface area contributed by atoms with Crippen LogP contribution in [0.3, 0.4) is 0 Å². The summed E-state index contributed by atoms with van der Waals surface area (Å²) in [5.41, 5.74) is 4.84. The molecule has 2 aromatic heterocycles. The summed E-state index contributed by atoms with van der Waals surface area (Å²) in [6.07, 6.45) is 7.75. The zero-order valence-electron chi connectivity index (χ0n) is 19.3. The minimum atomic E-state index is -0.440. The van der Waals surface area contributed by atoms with Crippen LogP contribution in [0, 0.1) is 17.1 Å². The zero-order chi connectivity index (χ0) is 25.1. The number of benzene rings is 2. The van der Waals surface area contributed by atoms with E-state index in [-0.39, 0.29) is 11.1 Å². The van der Waals surface area contributed by atoms with Crippen LogP contribution in [0.1, 0.15) is 27.9 Å². The van der Waals surface area contributed by atoms with Crippen LogP contribution >= 0.6 is 11.6 Å². The van der Waals surface area contributed by atoms with Crippen molar-refractivity contribution in [2.24, 2.45) is 0 Å². The van der Waals surface area contributed by atoms with E-state index >= 15 is 0 Å². The van der Waals surface area contributed by atoms with Crippen molar-refractivity contribution in [2.45, 2.75) is 19.5 Å². The van der Waals surface area contributed by atoms with Crippen molar-refractivity contribution in [3.8, 4) is 6.07 Å². The van der Waals surface area contributed by atoms with Crippen molar-refractivity contribution >= 4 is 34.6 Å². The van der Waals surface area contributed by atoms with E-state index in [0.717, 1.165) is 39.8 Å². The molecule has 0 bridgehead atoms. The summed E-state index contributed by atoms with van der Waals surface area (Å²) in [6, 6.07) is 13.9. The summed E-state index contributed by atoms with van der Waals surface area (Å²) in [6.45, 7) is 2.41. The minimum absolute atomic E-state index is 0.105. The van der Waals surface area contributed by atoms with Crippen LogP contribution in [-0.4, -0.2) is 38.8 Å². The van der Waals surface area contributed by atoms with Crippen LogP contribution in [0.2, 0.25) is 5.02 Å². The minimum Gasteiger partial charge on any atom is -0.333 e. The highest BCUT2D eigenvalue weighted by Gasteiger charge is 2.26. The van der Waals surface area contributed by atoms with E-state index in [1.54, 1.807) is 47.3 Å². The maximum Gasteiger partial charge on any atom is 0.326 e. The van der Waals surface area contributed by atoms with E-state index in [0.29, 0.717) is 31.6 Å². The molecule has 0 saturated carbocycles. The topological polar surface area (TPSA) is 86.8 Å². The Kier molecular flexibility index (Phi) is 6.76. The summed E-state index contributed by atoms with van der Waals surface area (Å²) in [5.74, 6) is -0.440. The fraction of sp³-hybridized carbons (Fsp3) is 0.185. The number of nitrogens with one attached hydrogen (secondary N) is 1. The SMILES string of the molecule is N#Cc1ccc2c3c(n(C(=O)NCc4ccnnc4)c2c1)CCN(C/C=C/c1ccc(Cl)c(F)c1)C3. The predicted molar refractivity (Wildman–Crippen MR) is 136 cm³/mol. The van der Waals surface area contributed by atoms with Crippen LogP contribution in [-0.2, 0) is 19.5 Å².